The lowest BCUT2D eigenvalue weighted by Gasteiger charge is -2.00. The Labute approximate surface area is 98.0 Å². The average molecular weight is 222 g/mol. The van der Waals surface area contributed by atoms with Crippen LogP contribution in [0.4, 0.5) is 0 Å². The quantitative estimate of drug-likeness (QED) is 0.482. The lowest BCUT2D eigenvalue weighted by Crippen LogP contribution is -2.00. The third-order valence-electron chi connectivity index (χ3n) is 2.87. The van der Waals surface area contributed by atoms with Crippen LogP contribution in [0.1, 0.15) is 68.5 Å². The van der Waals surface area contributed by atoms with Crippen LogP contribution in [0.3, 0.4) is 0 Å². The molecule has 1 heterocycles. The molecule has 0 aliphatic heterocycles. The van der Waals surface area contributed by atoms with E-state index in [1.165, 1.54) is 25.7 Å². The smallest absolute Gasteiger partial charge is 0.166 e. The molecule has 0 aromatic carbocycles. The first-order valence-corrected chi connectivity index (χ1v) is 6.39. The van der Waals surface area contributed by atoms with E-state index in [2.05, 4.69) is 6.92 Å². The van der Waals surface area contributed by atoms with Crippen molar-refractivity contribution in [3.05, 3.63) is 23.7 Å². The van der Waals surface area contributed by atoms with Gasteiger partial charge in [-0.1, -0.05) is 39.5 Å². The van der Waals surface area contributed by atoms with Crippen LogP contribution in [-0.2, 0) is 6.42 Å². The summed E-state index contributed by atoms with van der Waals surface area (Å²) in [7, 11) is 0. The Balaban J connectivity index is 2.30. The molecule has 0 radical (unpaired) electrons. The van der Waals surface area contributed by atoms with Crippen molar-refractivity contribution >= 4 is 5.78 Å². The molecule has 0 saturated carbocycles. The van der Waals surface area contributed by atoms with Crippen molar-refractivity contribution in [1.29, 1.82) is 0 Å². The van der Waals surface area contributed by atoms with Crippen LogP contribution in [-0.4, -0.2) is 5.78 Å². The zero-order chi connectivity index (χ0) is 11.8. The highest BCUT2D eigenvalue weighted by Crippen LogP contribution is 2.15. The summed E-state index contributed by atoms with van der Waals surface area (Å²) in [6.07, 6.45) is 9.01. The molecule has 0 N–H and O–H groups in total. The second kappa shape index (κ2) is 7.26. The molecule has 0 aliphatic carbocycles. The minimum atomic E-state index is 0.238. The summed E-state index contributed by atoms with van der Waals surface area (Å²) in [5.74, 6) is 1.07. The predicted octanol–water partition coefficient (Wildman–Crippen LogP) is 4.39. The zero-order valence-corrected chi connectivity index (χ0v) is 10.4. The van der Waals surface area contributed by atoms with E-state index in [-0.39, 0.29) is 5.78 Å². The topological polar surface area (TPSA) is 30.2 Å². The molecular formula is C14H22O2. The van der Waals surface area contributed by atoms with Gasteiger partial charge in [-0.25, -0.2) is 0 Å². The van der Waals surface area contributed by atoms with Gasteiger partial charge in [-0.2, -0.15) is 0 Å². The molecule has 0 bridgehead atoms. The Bertz CT molecular complexity index is 312. The van der Waals surface area contributed by atoms with E-state index >= 15 is 0 Å². The first-order valence-electron chi connectivity index (χ1n) is 6.39. The van der Waals surface area contributed by atoms with Crippen molar-refractivity contribution in [1.82, 2.24) is 0 Å². The van der Waals surface area contributed by atoms with Gasteiger partial charge in [0.25, 0.3) is 0 Å². The van der Waals surface area contributed by atoms with E-state index in [0.717, 1.165) is 24.2 Å². The molecular weight excluding hydrogens is 200 g/mol. The van der Waals surface area contributed by atoms with Crippen LogP contribution in [0.5, 0.6) is 0 Å². The van der Waals surface area contributed by atoms with E-state index in [4.69, 9.17) is 4.42 Å². The van der Waals surface area contributed by atoms with E-state index in [9.17, 15) is 4.79 Å². The highest BCUT2D eigenvalue weighted by atomic mass is 16.3. The highest BCUT2D eigenvalue weighted by molar-refractivity contribution is 5.96. The van der Waals surface area contributed by atoms with Crippen molar-refractivity contribution in [2.75, 3.05) is 0 Å². The molecule has 2 heteroatoms. The summed E-state index contributed by atoms with van der Waals surface area (Å²) < 4.78 is 5.26. The number of hydrogen-bond acceptors (Lipinski definition) is 2. The summed E-state index contributed by atoms with van der Waals surface area (Å²) in [5, 5.41) is 0. The number of carbonyl (C=O) groups is 1. The lowest BCUT2D eigenvalue weighted by molar-refractivity contribution is 0.0977. The number of carbonyl (C=O) groups excluding carboxylic acids is 1. The van der Waals surface area contributed by atoms with Gasteiger partial charge >= 0.3 is 0 Å². The van der Waals surface area contributed by atoms with Crippen LogP contribution in [0, 0.1) is 0 Å². The second-order valence-corrected chi connectivity index (χ2v) is 4.20. The number of unbranched alkanes of at least 4 members (excludes halogenated alkanes) is 4. The first-order chi connectivity index (χ1) is 7.79. The summed E-state index contributed by atoms with van der Waals surface area (Å²) in [6, 6.07) is 1.80. The maximum Gasteiger partial charge on any atom is 0.166 e. The molecule has 0 fully saturated rings. The standard InChI is InChI=1S/C14H22O2/c1-3-5-6-7-8-9-13(15)12-10-11-16-14(12)4-2/h10-11H,3-9H2,1-2H3. The van der Waals surface area contributed by atoms with Gasteiger partial charge in [0.1, 0.15) is 5.76 Å². The van der Waals surface area contributed by atoms with Gasteiger partial charge < -0.3 is 4.42 Å². The number of hydrogen-bond donors (Lipinski definition) is 0. The molecule has 0 unspecified atom stereocenters. The fourth-order valence-electron chi connectivity index (χ4n) is 1.89. The molecule has 0 saturated heterocycles. The number of aryl methyl sites for hydroxylation is 1. The molecule has 1 rings (SSSR count). The van der Waals surface area contributed by atoms with Crippen molar-refractivity contribution in [2.45, 2.75) is 58.8 Å². The van der Waals surface area contributed by atoms with E-state index in [1.807, 2.05) is 6.92 Å². The summed E-state index contributed by atoms with van der Waals surface area (Å²) in [6.45, 7) is 4.21. The van der Waals surface area contributed by atoms with Crippen molar-refractivity contribution < 1.29 is 9.21 Å². The molecule has 0 spiro atoms. The van der Waals surface area contributed by atoms with Crippen molar-refractivity contribution in [3.63, 3.8) is 0 Å². The average Bonchev–Trinajstić information content (AvgIpc) is 2.76. The van der Waals surface area contributed by atoms with Crippen molar-refractivity contribution in [3.8, 4) is 0 Å². The lowest BCUT2D eigenvalue weighted by atomic mass is 10.0. The summed E-state index contributed by atoms with van der Waals surface area (Å²) in [4.78, 5) is 11.9. The maximum absolute atomic E-state index is 11.9. The fraction of sp³-hybridized carbons (Fsp3) is 0.643. The fourth-order valence-corrected chi connectivity index (χ4v) is 1.89. The van der Waals surface area contributed by atoms with Gasteiger partial charge in [-0.3, -0.25) is 4.79 Å². The summed E-state index contributed by atoms with van der Waals surface area (Å²) >= 11 is 0. The largest absolute Gasteiger partial charge is 0.469 e. The van der Waals surface area contributed by atoms with Crippen LogP contribution in [0.15, 0.2) is 16.7 Å². The minimum absolute atomic E-state index is 0.238. The monoisotopic (exact) mass is 222 g/mol. The van der Waals surface area contributed by atoms with E-state index < -0.39 is 0 Å². The van der Waals surface area contributed by atoms with E-state index in [1.54, 1.807) is 12.3 Å². The van der Waals surface area contributed by atoms with Gasteiger partial charge in [0.05, 0.1) is 11.8 Å². The Morgan fingerprint density at radius 3 is 2.62 bits per heavy atom. The van der Waals surface area contributed by atoms with E-state index in [0.29, 0.717) is 6.42 Å². The van der Waals surface area contributed by atoms with Gasteiger partial charge in [0.15, 0.2) is 5.78 Å². The number of Topliss-reactive ketones (excluding diaryl/α,β-unsaturated/α-hetero) is 1. The molecule has 90 valence electrons. The molecule has 0 amide bonds. The third kappa shape index (κ3) is 3.84. The van der Waals surface area contributed by atoms with Crippen LogP contribution < -0.4 is 0 Å². The number of rotatable bonds is 8. The first kappa shape index (κ1) is 13.0. The van der Waals surface area contributed by atoms with Crippen LogP contribution in [0.25, 0.3) is 0 Å². The van der Waals surface area contributed by atoms with Crippen LogP contribution >= 0.6 is 0 Å². The molecule has 0 aliphatic rings. The third-order valence-corrected chi connectivity index (χ3v) is 2.87. The van der Waals surface area contributed by atoms with Crippen LogP contribution in [0.2, 0.25) is 0 Å². The highest BCUT2D eigenvalue weighted by Gasteiger charge is 2.12. The maximum atomic E-state index is 11.9. The SMILES string of the molecule is CCCCCCCC(=O)c1ccoc1CC. The Morgan fingerprint density at radius 2 is 1.94 bits per heavy atom. The Kier molecular flexibility index (Phi) is 5.91. The minimum Gasteiger partial charge on any atom is -0.469 e. The second-order valence-electron chi connectivity index (χ2n) is 4.20. The molecule has 0 atom stereocenters. The number of furan rings is 1. The Morgan fingerprint density at radius 1 is 1.19 bits per heavy atom. The Hall–Kier alpha value is -1.05. The van der Waals surface area contributed by atoms with Gasteiger partial charge in [-0.15, -0.1) is 0 Å². The zero-order valence-electron chi connectivity index (χ0n) is 10.4. The molecule has 1 aromatic heterocycles. The van der Waals surface area contributed by atoms with Gasteiger partial charge in [0, 0.05) is 12.8 Å². The molecule has 2 nitrogen and oxygen atoms in total. The predicted molar refractivity (Wildman–Crippen MR) is 65.8 cm³/mol. The van der Waals surface area contributed by atoms with Gasteiger partial charge in [0.2, 0.25) is 0 Å². The van der Waals surface area contributed by atoms with Gasteiger partial charge in [-0.05, 0) is 12.5 Å². The number of ketones is 1. The normalized spacial score (nSPS) is 10.6. The molecule has 16 heavy (non-hydrogen) atoms. The molecule has 1 aromatic rings. The summed E-state index contributed by atoms with van der Waals surface area (Å²) in [5.41, 5.74) is 0.790. The van der Waals surface area contributed by atoms with Crippen molar-refractivity contribution in [2.24, 2.45) is 0 Å².